The Morgan fingerprint density at radius 3 is 2.42 bits per heavy atom. The Balaban J connectivity index is 1.91. The van der Waals surface area contributed by atoms with E-state index in [4.69, 9.17) is 23.2 Å². The van der Waals surface area contributed by atoms with E-state index in [9.17, 15) is 4.79 Å². The summed E-state index contributed by atoms with van der Waals surface area (Å²) in [7, 11) is 0. The van der Waals surface area contributed by atoms with Gasteiger partial charge in [-0.05, 0) is 42.5 Å². The van der Waals surface area contributed by atoms with Gasteiger partial charge in [0.05, 0.1) is 0 Å². The van der Waals surface area contributed by atoms with Crippen molar-refractivity contribution in [3.05, 3.63) is 58.1 Å². The standard InChI is InChI=1S/C14H10Cl2N2O/c15-8-1-4-10(5-2-8)17-13-11-7-9(16)3-6-12(11)18-14(13)19/h1-7,13,17H,(H,18,19). The molecule has 96 valence electrons. The van der Waals surface area contributed by atoms with E-state index in [1.807, 2.05) is 12.1 Å². The summed E-state index contributed by atoms with van der Waals surface area (Å²) in [6, 6.07) is 12.1. The van der Waals surface area contributed by atoms with Crippen LogP contribution in [0.1, 0.15) is 11.6 Å². The summed E-state index contributed by atoms with van der Waals surface area (Å²) in [5.74, 6) is -0.0905. The van der Waals surface area contributed by atoms with E-state index >= 15 is 0 Å². The zero-order chi connectivity index (χ0) is 13.4. The SMILES string of the molecule is O=C1Nc2ccc(Cl)cc2C1Nc1ccc(Cl)cc1. The third kappa shape index (κ3) is 2.39. The zero-order valence-electron chi connectivity index (χ0n) is 9.78. The normalized spacial score (nSPS) is 16.9. The average molecular weight is 293 g/mol. The Labute approximate surface area is 120 Å². The van der Waals surface area contributed by atoms with Gasteiger partial charge in [-0.2, -0.15) is 0 Å². The van der Waals surface area contributed by atoms with Crippen molar-refractivity contribution >= 4 is 40.5 Å². The van der Waals surface area contributed by atoms with Crippen molar-refractivity contribution in [2.45, 2.75) is 6.04 Å². The van der Waals surface area contributed by atoms with Gasteiger partial charge >= 0.3 is 0 Å². The highest BCUT2D eigenvalue weighted by Crippen LogP contribution is 2.35. The van der Waals surface area contributed by atoms with E-state index in [2.05, 4.69) is 10.6 Å². The van der Waals surface area contributed by atoms with E-state index in [0.717, 1.165) is 16.9 Å². The first-order chi connectivity index (χ1) is 9.13. The lowest BCUT2D eigenvalue weighted by Gasteiger charge is -2.13. The molecule has 19 heavy (non-hydrogen) atoms. The lowest BCUT2D eigenvalue weighted by Crippen LogP contribution is -2.19. The summed E-state index contributed by atoms with van der Waals surface area (Å²) in [5.41, 5.74) is 2.48. The summed E-state index contributed by atoms with van der Waals surface area (Å²) in [5, 5.41) is 7.26. The number of rotatable bonds is 2. The third-order valence-electron chi connectivity index (χ3n) is 3.00. The molecule has 0 spiro atoms. The lowest BCUT2D eigenvalue weighted by atomic mass is 10.1. The second-order valence-corrected chi connectivity index (χ2v) is 5.18. The van der Waals surface area contributed by atoms with Crippen LogP contribution >= 0.6 is 23.2 Å². The zero-order valence-corrected chi connectivity index (χ0v) is 11.3. The molecule has 0 radical (unpaired) electrons. The first-order valence-electron chi connectivity index (χ1n) is 5.76. The molecule has 0 bridgehead atoms. The molecule has 5 heteroatoms. The van der Waals surface area contributed by atoms with Gasteiger partial charge in [0.25, 0.3) is 5.91 Å². The number of halogens is 2. The maximum Gasteiger partial charge on any atom is 0.251 e. The number of benzene rings is 2. The highest BCUT2D eigenvalue weighted by molar-refractivity contribution is 6.31. The minimum absolute atomic E-state index is 0.0905. The molecule has 1 aliphatic rings. The minimum atomic E-state index is -0.435. The van der Waals surface area contributed by atoms with Crippen molar-refractivity contribution in [1.82, 2.24) is 0 Å². The van der Waals surface area contributed by atoms with Crippen molar-refractivity contribution in [3.8, 4) is 0 Å². The molecular formula is C14H10Cl2N2O. The van der Waals surface area contributed by atoms with Crippen LogP contribution in [0, 0.1) is 0 Å². The van der Waals surface area contributed by atoms with Crippen molar-refractivity contribution in [1.29, 1.82) is 0 Å². The van der Waals surface area contributed by atoms with Gasteiger partial charge in [-0.15, -0.1) is 0 Å². The smallest absolute Gasteiger partial charge is 0.251 e. The fourth-order valence-corrected chi connectivity index (χ4v) is 2.39. The van der Waals surface area contributed by atoms with Gasteiger partial charge in [0.2, 0.25) is 0 Å². The van der Waals surface area contributed by atoms with Crippen LogP contribution in [-0.4, -0.2) is 5.91 Å². The van der Waals surface area contributed by atoms with Gasteiger partial charge in [0.15, 0.2) is 0 Å². The van der Waals surface area contributed by atoms with Crippen molar-refractivity contribution in [2.24, 2.45) is 0 Å². The number of carbonyl (C=O) groups excluding carboxylic acids is 1. The van der Waals surface area contributed by atoms with Crippen LogP contribution in [0.5, 0.6) is 0 Å². The van der Waals surface area contributed by atoms with E-state index in [0.29, 0.717) is 10.0 Å². The topological polar surface area (TPSA) is 41.1 Å². The van der Waals surface area contributed by atoms with Crippen molar-refractivity contribution in [2.75, 3.05) is 10.6 Å². The average Bonchev–Trinajstić information content (AvgIpc) is 2.69. The van der Waals surface area contributed by atoms with Crippen LogP contribution in [-0.2, 0) is 4.79 Å². The molecule has 3 nitrogen and oxygen atoms in total. The van der Waals surface area contributed by atoms with Crippen LogP contribution < -0.4 is 10.6 Å². The van der Waals surface area contributed by atoms with Gasteiger partial charge in [-0.3, -0.25) is 4.79 Å². The lowest BCUT2D eigenvalue weighted by molar-refractivity contribution is -0.116. The van der Waals surface area contributed by atoms with E-state index in [1.54, 1.807) is 30.3 Å². The minimum Gasteiger partial charge on any atom is -0.370 e. The highest BCUT2D eigenvalue weighted by Gasteiger charge is 2.30. The van der Waals surface area contributed by atoms with Crippen molar-refractivity contribution in [3.63, 3.8) is 0 Å². The summed E-state index contributed by atoms with van der Waals surface area (Å²) < 4.78 is 0. The molecule has 1 aliphatic heterocycles. The molecule has 2 N–H and O–H groups in total. The Hall–Kier alpha value is -1.71. The number of anilines is 2. The van der Waals surface area contributed by atoms with Crippen LogP contribution in [0.3, 0.4) is 0 Å². The molecule has 1 amide bonds. The van der Waals surface area contributed by atoms with Crippen molar-refractivity contribution < 1.29 is 4.79 Å². The van der Waals surface area contributed by atoms with Gasteiger partial charge in [0.1, 0.15) is 6.04 Å². The fourth-order valence-electron chi connectivity index (χ4n) is 2.09. The van der Waals surface area contributed by atoms with Crippen LogP contribution in [0.15, 0.2) is 42.5 Å². The van der Waals surface area contributed by atoms with Crippen LogP contribution in [0.4, 0.5) is 11.4 Å². The Morgan fingerprint density at radius 1 is 1.00 bits per heavy atom. The molecule has 2 aromatic rings. The predicted molar refractivity (Wildman–Crippen MR) is 77.9 cm³/mol. The number of hydrogen-bond donors (Lipinski definition) is 2. The quantitative estimate of drug-likeness (QED) is 0.875. The summed E-state index contributed by atoms with van der Waals surface area (Å²) in [6.45, 7) is 0. The Bertz CT molecular complexity index is 640. The van der Waals surface area contributed by atoms with E-state index in [1.165, 1.54) is 0 Å². The number of hydrogen-bond acceptors (Lipinski definition) is 2. The molecule has 0 saturated carbocycles. The monoisotopic (exact) mass is 292 g/mol. The third-order valence-corrected chi connectivity index (χ3v) is 3.49. The summed E-state index contributed by atoms with van der Waals surface area (Å²) in [6.07, 6.45) is 0. The molecule has 3 rings (SSSR count). The maximum absolute atomic E-state index is 12.0. The Kier molecular flexibility index (Phi) is 3.09. The maximum atomic E-state index is 12.0. The first kappa shape index (κ1) is 12.3. The predicted octanol–water partition coefficient (Wildman–Crippen LogP) is 4.10. The second-order valence-electron chi connectivity index (χ2n) is 4.31. The van der Waals surface area contributed by atoms with Crippen LogP contribution in [0.25, 0.3) is 0 Å². The van der Waals surface area contributed by atoms with Gasteiger partial charge in [-0.1, -0.05) is 23.2 Å². The van der Waals surface area contributed by atoms with Gasteiger partial charge < -0.3 is 10.6 Å². The molecule has 0 aromatic heterocycles. The number of carbonyl (C=O) groups is 1. The number of nitrogens with one attached hydrogen (secondary N) is 2. The molecule has 1 atom stereocenters. The number of amides is 1. The summed E-state index contributed by atoms with van der Waals surface area (Å²) >= 11 is 11.8. The molecule has 0 saturated heterocycles. The number of fused-ring (bicyclic) bond motifs is 1. The first-order valence-corrected chi connectivity index (χ1v) is 6.51. The fraction of sp³-hybridized carbons (Fsp3) is 0.0714. The molecule has 2 aromatic carbocycles. The second kappa shape index (κ2) is 4.76. The molecule has 0 aliphatic carbocycles. The molecule has 1 unspecified atom stereocenters. The van der Waals surface area contributed by atoms with Gasteiger partial charge in [0, 0.05) is 27.0 Å². The molecular weight excluding hydrogens is 283 g/mol. The Morgan fingerprint density at radius 2 is 1.68 bits per heavy atom. The van der Waals surface area contributed by atoms with Gasteiger partial charge in [-0.25, -0.2) is 0 Å². The summed E-state index contributed by atoms with van der Waals surface area (Å²) in [4.78, 5) is 12.0. The highest BCUT2D eigenvalue weighted by atomic mass is 35.5. The molecule has 0 fully saturated rings. The largest absolute Gasteiger partial charge is 0.370 e. The van der Waals surface area contributed by atoms with E-state index in [-0.39, 0.29) is 5.91 Å². The van der Waals surface area contributed by atoms with E-state index < -0.39 is 6.04 Å². The molecule has 1 heterocycles. The van der Waals surface area contributed by atoms with Crippen LogP contribution in [0.2, 0.25) is 10.0 Å².